The van der Waals surface area contributed by atoms with Crippen LogP contribution in [-0.4, -0.2) is 24.8 Å². The van der Waals surface area contributed by atoms with Crippen LogP contribution in [0.4, 0.5) is 5.69 Å². The highest BCUT2D eigenvalue weighted by atomic mass is 16.5. The van der Waals surface area contributed by atoms with Crippen molar-refractivity contribution in [3.63, 3.8) is 0 Å². The molecule has 0 radical (unpaired) electrons. The summed E-state index contributed by atoms with van der Waals surface area (Å²) in [6.45, 7) is 5.74. The molecule has 0 saturated carbocycles. The van der Waals surface area contributed by atoms with E-state index in [2.05, 4.69) is 0 Å². The van der Waals surface area contributed by atoms with Gasteiger partial charge in [-0.05, 0) is 31.0 Å². The van der Waals surface area contributed by atoms with Gasteiger partial charge in [0, 0.05) is 19.0 Å². The van der Waals surface area contributed by atoms with Gasteiger partial charge in [0.25, 0.3) is 5.91 Å². The number of anilines is 1. The number of benzene rings is 1. The van der Waals surface area contributed by atoms with Gasteiger partial charge in [0.15, 0.2) is 11.9 Å². The first-order valence-corrected chi connectivity index (χ1v) is 6.51. The first-order valence-electron chi connectivity index (χ1n) is 6.51. The van der Waals surface area contributed by atoms with Crippen molar-refractivity contribution < 1.29 is 14.3 Å². The Morgan fingerprint density at radius 1 is 1.42 bits per heavy atom. The van der Waals surface area contributed by atoms with Crippen molar-refractivity contribution in [2.45, 2.75) is 33.3 Å². The van der Waals surface area contributed by atoms with Crippen LogP contribution in [0.5, 0.6) is 5.75 Å². The summed E-state index contributed by atoms with van der Waals surface area (Å²) < 4.78 is 5.53. The average Bonchev–Trinajstić information content (AvgIpc) is 2.35. The normalized spacial score (nSPS) is 18.3. The first kappa shape index (κ1) is 13.6. The van der Waals surface area contributed by atoms with Crippen LogP contribution < -0.4 is 9.64 Å². The molecular weight excluding hydrogens is 242 g/mol. The van der Waals surface area contributed by atoms with E-state index in [-0.39, 0.29) is 11.7 Å². The lowest BCUT2D eigenvalue weighted by Gasteiger charge is -2.30. The summed E-state index contributed by atoms with van der Waals surface area (Å²) in [6, 6.07) is 5.27. The number of amides is 1. The topological polar surface area (TPSA) is 46.6 Å². The molecule has 1 heterocycles. The van der Waals surface area contributed by atoms with E-state index in [4.69, 9.17) is 4.74 Å². The van der Waals surface area contributed by atoms with Crippen LogP contribution in [0.25, 0.3) is 0 Å². The van der Waals surface area contributed by atoms with E-state index in [1.54, 1.807) is 37.1 Å². The van der Waals surface area contributed by atoms with Gasteiger partial charge in [-0.3, -0.25) is 9.59 Å². The third kappa shape index (κ3) is 2.62. The van der Waals surface area contributed by atoms with Gasteiger partial charge in [-0.25, -0.2) is 0 Å². The molecule has 1 atom stereocenters. The van der Waals surface area contributed by atoms with Crippen molar-refractivity contribution in [3.05, 3.63) is 23.8 Å². The van der Waals surface area contributed by atoms with Crippen molar-refractivity contribution in [3.8, 4) is 5.75 Å². The zero-order chi connectivity index (χ0) is 14.2. The number of Topliss-reactive ketones (excluding diaryl/α,β-unsaturated/α-hetero) is 1. The molecule has 4 nitrogen and oxygen atoms in total. The minimum absolute atomic E-state index is 0.0947. The highest BCUT2D eigenvalue weighted by Gasteiger charge is 2.29. The summed E-state index contributed by atoms with van der Waals surface area (Å²) in [5.41, 5.74) is 1.29. The maximum absolute atomic E-state index is 12.0. The fourth-order valence-electron chi connectivity index (χ4n) is 2.17. The van der Waals surface area contributed by atoms with E-state index >= 15 is 0 Å². The molecule has 0 spiro atoms. The van der Waals surface area contributed by atoms with E-state index < -0.39 is 6.10 Å². The predicted molar refractivity (Wildman–Crippen MR) is 73.7 cm³/mol. The summed E-state index contributed by atoms with van der Waals surface area (Å²) in [4.78, 5) is 25.5. The van der Waals surface area contributed by atoms with E-state index in [1.165, 1.54) is 0 Å². The van der Waals surface area contributed by atoms with Crippen LogP contribution in [0.3, 0.4) is 0 Å². The molecule has 1 unspecified atom stereocenters. The Bertz CT molecular complexity index is 522. The third-order valence-electron chi connectivity index (χ3n) is 3.22. The Balaban J connectivity index is 2.34. The number of nitrogens with zero attached hydrogens (tertiary/aromatic N) is 1. The quantitative estimate of drug-likeness (QED) is 0.786. The van der Waals surface area contributed by atoms with Gasteiger partial charge >= 0.3 is 0 Å². The molecule has 2 rings (SSSR count). The van der Waals surface area contributed by atoms with Gasteiger partial charge in [-0.15, -0.1) is 0 Å². The Kier molecular flexibility index (Phi) is 3.60. The molecule has 0 bridgehead atoms. The Hall–Kier alpha value is -1.84. The number of ketones is 1. The second kappa shape index (κ2) is 5.03. The molecule has 102 valence electrons. The van der Waals surface area contributed by atoms with Crippen LogP contribution in [0, 0.1) is 5.92 Å². The molecule has 1 aliphatic rings. The number of rotatable bonds is 3. The molecule has 1 aromatic carbocycles. The number of carbonyl (C=O) groups is 2. The molecule has 1 aromatic rings. The van der Waals surface area contributed by atoms with Crippen molar-refractivity contribution in [1.29, 1.82) is 0 Å². The SMILES string of the molecule is CC(C)CC(=O)c1ccc2c(c1)N(C)C(=O)C(C)O2. The van der Waals surface area contributed by atoms with E-state index in [1.807, 2.05) is 13.8 Å². The molecule has 0 N–H and O–H groups in total. The third-order valence-corrected chi connectivity index (χ3v) is 3.22. The zero-order valence-corrected chi connectivity index (χ0v) is 11.8. The maximum Gasteiger partial charge on any atom is 0.267 e. The lowest BCUT2D eigenvalue weighted by Crippen LogP contribution is -2.42. The Labute approximate surface area is 113 Å². The molecule has 0 fully saturated rings. The molecule has 0 aromatic heterocycles. The van der Waals surface area contributed by atoms with Crippen LogP contribution in [-0.2, 0) is 4.79 Å². The van der Waals surface area contributed by atoms with Crippen LogP contribution in [0.2, 0.25) is 0 Å². The summed E-state index contributed by atoms with van der Waals surface area (Å²) in [5.74, 6) is 0.966. The molecule has 1 aliphatic heterocycles. The van der Waals surface area contributed by atoms with Crippen LogP contribution >= 0.6 is 0 Å². The highest BCUT2D eigenvalue weighted by molar-refractivity contribution is 6.02. The molecular formula is C15H19NO3. The second-order valence-electron chi connectivity index (χ2n) is 5.36. The van der Waals surface area contributed by atoms with Gasteiger partial charge in [-0.1, -0.05) is 13.8 Å². The number of ether oxygens (including phenoxy) is 1. The van der Waals surface area contributed by atoms with Gasteiger partial charge in [-0.2, -0.15) is 0 Å². The van der Waals surface area contributed by atoms with Crippen molar-refractivity contribution in [2.75, 3.05) is 11.9 Å². The van der Waals surface area contributed by atoms with Crippen molar-refractivity contribution in [2.24, 2.45) is 5.92 Å². The van der Waals surface area contributed by atoms with Crippen molar-refractivity contribution in [1.82, 2.24) is 0 Å². The minimum Gasteiger partial charge on any atom is -0.479 e. The Morgan fingerprint density at radius 2 is 2.11 bits per heavy atom. The largest absolute Gasteiger partial charge is 0.479 e. The van der Waals surface area contributed by atoms with Crippen LogP contribution in [0.1, 0.15) is 37.6 Å². The van der Waals surface area contributed by atoms with E-state index in [0.29, 0.717) is 29.3 Å². The van der Waals surface area contributed by atoms with E-state index in [9.17, 15) is 9.59 Å². The standard InChI is InChI=1S/C15H19NO3/c1-9(2)7-13(17)11-5-6-14-12(8-11)16(4)15(18)10(3)19-14/h5-6,8-10H,7H2,1-4H3. The smallest absolute Gasteiger partial charge is 0.267 e. The number of fused-ring (bicyclic) bond motifs is 1. The summed E-state index contributed by atoms with van der Waals surface area (Å²) in [7, 11) is 1.71. The molecule has 1 amide bonds. The lowest BCUT2D eigenvalue weighted by atomic mass is 10.00. The minimum atomic E-state index is -0.477. The van der Waals surface area contributed by atoms with Gasteiger partial charge in [0.2, 0.25) is 0 Å². The second-order valence-corrected chi connectivity index (χ2v) is 5.36. The summed E-state index contributed by atoms with van der Waals surface area (Å²) in [5, 5.41) is 0. The van der Waals surface area contributed by atoms with Crippen molar-refractivity contribution >= 4 is 17.4 Å². The number of carbonyl (C=O) groups excluding carboxylic acids is 2. The van der Waals surface area contributed by atoms with Crippen LogP contribution in [0.15, 0.2) is 18.2 Å². The maximum atomic E-state index is 12.0. The molecule has 0 aliphatic carbocycles. The zero-order valence-electron chi connectivity index (χ0n) is 11.8. The van der Waals surface area contributed by atoms with Gasteiger partial charge < -0.3 is 9.64 Å². The molecule has 4 heteroatoms. The van der Waals surface area contributed by atoms with Gasteiger partial charge in [0.05, 0.1) is 5.69 Å². The average molecular weight is 261 g/mol. The number of likely N-dealkylation sites (N-methyl/N-ethyl adjacent to an activating group) is 1. The monoisotopic (exact) mass is 261 g/mol. The molecule has 0 saturated heterocycles. The fourth-order valence-corrected chi connectivity index (χ4v) is 2.17. The van der Waals surface area contributed by atoms with E-state index in [0.717, 1.165) is 0 Å². The predicted octanol–water partition coefficient (Wildman–Crippen LogP) is 2.66. The lowest BCUT2D eigenvalue weighted by molar-refractivity contribution is -0.125. The molecule has 19 heavy (non-hydrogen) atoms. The number of hydrogen-bond acceptors (Lipinski definition) is 3. The first-order chi connectivity index (χ1) is 8.90. The number of hydrogen-bond donors (Lipinski definition) is 0. The highest BCUT2D eigenvalue weighted by Crippen LogP contribution is 2.34. The summed E-state index contributed by atoms with van der Waals surface area (Å²) >= 11 is 0. The summed E-state index contributed by atoms with van der Waals surface area (Å²) in [6.07, 6.45) is 0.0305. The van der Waals surface area contributed by atoms with Gasteiger partial charge in [0.1, 0.15) is 5.75 Å². The fraction of sp³-hybridized carbons (Fsp3) is 0.467. The Morgan fingerprint density at radius 3 is 2.74 bits per heavy atom.